The number of ether oxygens (including phenoxy) is 2. The first-order valence-corrected chi connectivity index (χ1v) is 13.0. The van der Waals surface area contributed by atoms with Crippen molar-refractivity contribution in [2.75, 3.05) is 30.4 Å². The minimum atomic E-state index is -4.04. The number of thiazole rings is 1. The molecular weight excluding hydrogens is 486 g/mol. The van der Waals surface area contributed by atoms with Crippen LogP contribution in [0, 0.1) is 6.92 Å². The summed E-state index contributed by atoms with van der Waals surface area (Å²) in [4.78, 5) is 5.47. The van der Waals surface area contributed by atoms with E-state index in [4.69, 9.17) is 21.1 Å². The molecule has 1 aliphatic heterocycles. The van der Waals surface area contributed by atoms with Gasteiger partial charge in [-0.15, -0.1) is 0 Å². The third kappa shape index (κ3) is 5.35. The molecule has 3 aromatic rings. The zero-order valence-electron chi connectivity index (χ0n) is 18.1. The Hall–Kier alpha value is -2.53. The first kappa shape index (κ1) is 23.6. The van der Waals surface area contributed by atoms with E-state index in [0.717, 1.165) is 41.8 Å². The summed E-state index contributed by atoms with van der Waals surface area (Å²) in [5.74, 6) is 0.136. The highest BCUT2D eigenvalue weighted by Crippen LogP contribution is 2.38. The van der Waals surface area contributed by atoms with Crippen LogP contribution in [-0.4, -0.2) is 44.9 Å². The van der Waals surface area contributed by atoms with E-state index in [1.807, 2.05) is 13.0 Å². The van der Waals surface area contributed by atoms with Crippen molar-refractivity contribution in [2.45, 2.75) is 30.7 Å². The van der Waals surface area contributed by atoms with Crippen LogP contribution in [0.1, 0.15) is 18.5 Å². The molecular formula is C22H24ClN3O5S2. The number of halogens is 1. The second-order valence-corrected chi connectivity index (χ2v) is 10.7. The molecule has 0 saturated carbocycles. The van der Waals surface area contributed by atoms with E-state index in [9.17, 15) is 13.5 Å². The molecule has 2 heterocycles. The lowest BCUT2D eigenvalue weighted by Crippen LogP contribution is -2.27. The van der Waals surface area contributed by atoms with Crippen LogP contribution in [0.25, 0.3) is 10.4 Å². The van der Waals surface area contributed by atoms with Crippen LogP contribution < -0.4 is 14.8 Å². The number of aryl methyl sites for hydroxylation is 1. The summed E-state index contributed by atoms with van der Waals surface area (Å²) in [6, 6.07) is 9.31. The predicted molar refractivity (Wildman–Crippen MR) is 130 cm³/mol. The molecule has 1 aliphatic rings. The molecule has 1 aromatic heterocycles. The highest BCUT2D eigenvalue weighted by Gasteiger charge is 2.23. The second kappa shape index (κ2) is 9.76. The Morgan fingerprint density at radius 3 is 2.67 bits per heavy atom. The Balaban J connectivity index is 1.65. The van der Waals surface area contributed by atoms with Crippen molar-refractivity contribution in [3.8, 4) is 21.9 Å². The van der Waals surface area contributed by atoms with Crippen molar-refractivity contribution >= 4 is 43.8 Å². The minimum Gasteiger partial charge on any atom is -0.508 e. The summed E-state index contributed by atoms with van der Waals surface area (Å²) in [5, 5.41) is 13.9. The molecule has 0 radical (unpaired) electrons. The van der Waals surface area contributed by atoms with Gasteiger partial charge in [-0.3, -0.25) is 4.72 Å². The lowest BCUT2D eigenvalue weighted by Gasteiger charge is -2.22. The summed E-state index contributed by atoms with van der Waals surface area (Å²) >= 11 is 7.57. The van der Waals surface area contributed by atoms with Gasteiger partial charge in [0.1, 0.15) is 16.4 Å². The maximum absolute atomic E-state index is 13.2. The van der Waals surface area contributed by atoms with Crippen molar-refractivity contribution in [3.05, 3.63) is 47.1 Å². The SMILES string of the molecule is COc1ccc(-c2sc(NC3CCOCC3)nc2C)cc1S(=O)(=O)Nc1ccc(O)cc1Cl. The molecule has 11 heteroatoms. The van der Waals surface area contributed by atoms with Gasteiger partial charge in [0, 0.05) is 25.3 Å². The average Bonchev–Trinajstić information content (AvgIpc) is 3.15. The number of nitrogens with zero attached hydrogens (tertiary/aromatic N) is 1. The van der Waals surface area contributed by atoms with Crippen LogP contribution in [0.4, 0.5) is 10.8 Å². The van der Waals surface area contributed by atoms with Gasteiger partial charge in [-0.2, -0.15) is 0 Å². The summed E-state index contributed by atoms with van der Waals surface area (Å²) in [6.45, 7) is 3.35. The first-order valence-electron chi connectivity index (χ1n) is 10.3. The van der Waals surface area contributed by atoms with Crippen molar-refractivity contribution in [2.24, 2.45) is 0 Å². The highest BCUT2D eigenvalue weighted by atomic mass is 35.5. The van der Waals surface area contributed by atoms with Crippen LogP contribution in [0.15, 0.2) is 41.3 Å². The van der Waals surface area contributed by atoms with Gasteiger partial charge >= 0.3 is 0 Å². The molecule has 4 rings (SSSR count). The molecule has 0 amide bonds. The zero-order chi connectivity index (χ0) is 23.6. The number of nitrogens with one attached hydrogen (secondary N) is 2. The molecule has 0 aliphatic carbocycles. The molecule has 1 fully saturated rings. The first-order chi connectivity index (χ1) is 15.8. The topological polar surface area (TPSA) is 110 Å². The number of rotatable bonds is 7. The fourth-order valence-corrected chi connectivity index (χ4v) is 6.15. The van der Waals surface area contributed by atoms with Crippen LogP contribution in [0.2, 0.25) is 5.02 Å². The molecule has 33 heavy (non-hydrogen) atoms. The van der Waals surface area contributed by atoms with Gasteiger partial charge in [0.05, 0.1) is 28.4 Å². The number of phenolic OH excluding ortho intramolecular Hbond substituents is 1. The largest absolute Gasteiger partial charge is 0.508 e. The Kier molecular flexibility index (Phi) is 6.99. The van der Waals surface area contributed by atoms with Crippen LogP contribution in [0.5, 0.6) is 11.5 Å². The minimum absolute atomic E-state index is 0.0293. The fourth-order valence-electron chi connectivity index (χ4n) is 3.56. The number of benzene rings is 2. The zero-order valence-corrected chi connectivity index (χ0v) is 20.5. The molecule has 0 unspecified atom stereocenters. The standard InChI is InChI=1S/C22H24ClN3O5S2/c1-13-21(32-22(24-13)25-15-7-9-31-10-8-15)14-3-6-19(30-2)20(11-14)33(28,29)26-18-5-4-16(27)12-17(18)23/h3-6,11-12,15,26-27H,7-10H2,1-2H3,(H,24,25). The van der Waals surface area contributed by atoms with Crippen LogP contribution >= 0.6 is 22.9 Å². The van der Waals surface area contributed by atoms with Crippen molar-refractivity contribution in [1.82, 2.24) is 4.98 Å². The molecule has 8 nitrogen and oxygen atoms in total. The average molecular weight is 510 g/mol. The lowest BCUT2D eigenvalue weighted by molar-refractivity contribution is 0.0904. The molecule has 0 spiro atoms. The van der Waals surface area contributed by atoms with E-state index >= 15 is 0 Å². The third-order valence-electron chi connectivity index (χ3n) is 5.26. The smallest absolute Gasteiger partial charge is 0.265 e. The number of hydrogen-bond donors (Lipinski definition) is 3. The monoisotopic (exact) mass is 509 g/mol. The predicted octanol–water partition coefficient (Wildman–Crippen LogP) is 4.88. The van der Waals surface area contributed by atoms with Gasteiger partial charge in [0.2, 0.25) is 0 Å². The van der Waals surface area contributed by atoms with Crippen LogP contribution in [0.3, 0.4) is 0 Å². The van der Waals surface area contributed by atoms with E-state index in [0.29, 0.717) is 11.6 Å². The van der Waals surface area contributed by atoms with Crippen molar-refractivity contribution in [3.63, 3.8) is 0 Å². The maximum atomic E-state index is 13.2. The van der Waals surface area contributed by atoms with Gasteiger partial charge in [0.25, 0.3) is 10.0 Å². The number of anilines is 2. The summed E-state index contributed by atoms with van der Waals surface area (Å²) < 4.78 is 39.6. The molecule has 1 saturated heterocycles. The number of aromatic hydroxyl groups is 1. The van der Waals surface area contributed by atoms with Gasteiger partial charge in [-0.1, -0.05) is 22.9 Å². The molecule has 0 atom stereocenters. The Morgan fingerprint density at radius 2 is 1.97 bits per heavy atom. The van der Waals surface area contributed by atoms with E-state index in [1.165, 1.54) is 36.6 Å². The molecule has 3 N–H and O–H groups in total. The lowest BCUT2D eigenvalue weighted by atomic mass is 10.1. The van der Waals surface area contributed by atoms with E-state index < -0.39 is 10.0 Å². The molecule has 0 bridgehead atoms. The van der Waals surface area contributed by atoms with Crippen molar-refractivity contribution in [1.29, 1.82) is 0 Å². The number of phenols is 1. The van der Waals surface area contributed by atoms with Gasteiger partial charge in [-0.05, 0) is 55.7 Å². The summed E-state index contributed by atoms with van der Waals surface area (Å²) in [5.41, 5.74) is 1.67. The van der Waals surface area contributed by atoms with Gasteiger partial charge in [0.15, 0.2) is 5.13 Å². The summed E-state index contributed by atoms with van der Waals surface area (Å²) in [6.07, 6.45) is 1.84. The van der Waals surface area contributed by atoms with E-state index in [-0.39, 0.29) is 27.1 Å². The second-order valence-electron chi connectivity index (χ2n) is 7.60. The van der Waals surface area contributed by atoms with Crippen molar-refractivity contribution < 1.29 is 23.0 Å². The van der Waals surface area contributed by atoms with E-state index in [2.05, 4.69) is 15.0 Å². The Morgan fingerprint density at radius 1 is 1.21 bits per heavy atom. The quantitative estimate of drug-likeness (QED) is 0.389. The number of hydrogen-bond acceptors (Lipinski definition) is 8. The number of sulfonamides is 1. The normalized spacial score (nSPS) is 14.8. The summed E-state index contributed by atoms with van der Waals surface area (Å²) in [7, 11) is -2.62. The molecule has 2 aromatic carbocycles. The van der Waals surface area contributed by atoms with Crippen LogP contribution in [-0.2, 0) is 14.8 Å². The Labute approximate surface area is 201 Å². The third-order valence-corrected chi connectivity index (χ3v) is 8.09. The number of methoxy groups -OCH3 is 1. The highest BCUT2D eigenvalue weighted by molar-refractivity contribution is 7.92. The van der Waals surface area contributed by atoms with Gasteiger partial charge in [-0.25, -0.2) is 13.4 Å². The Bertz CT molecular complexity index is 1260. The fraction of sp³-hybridized carbons (Fsp3) is 0.318. The number of aromatic nitrogens is 1. The molecule has 176 valence electrons. The van der Waals surface area contributed by atoms with Gasteiger partial charge < -0.3 is 19.9 Å². The van der Waals surface area contributed by atoms with E-state index in [1.54, 1.807) is 12.1 Å². The maximum Gasteiger partial charge on any atom is 0.265 e.